The Morgan fingerprint density at radius 3 is 2.61 bits per heavy atom. The molecular weight excluding hydrogens is 502 g/mol. The van der Waals surface area contributed by atoms with Crippen LogP contribution in [-0.4, -0.2) is 50.1 Å². The lowest BCUT2D eigenvalue weighted by Crippen LogP contribution is -2.13. The molecule has 1 saturated heterocycles. The first kappa shape index (κ1) is 24.8. The molecule has 2 aromatic rings. The third kappa shape index (κ3) is 4.88. The first-order chi connectivity index (χ1) is 16.9. The van der Waals surface area contributed by atoms with Crippen molar-refractivity contribution in [3.8, 4) is 0 Å². The summed E-state index contributed by atoms with van der Waals surface area (Å²) in [5.41, 5.74) is 1.00. The molecule has 0 radical (unpaired) electrons. The molecule has 2 fully saturated rings. The van der Waals surface area contributed by atoms with Gasteiger partial charge in [0.15, 0.2) is 9.84 Å². The van der Waals surface area contributed by atoms with Crippen LogP contribution in [0.3, 0.4) is 0 Å². The van der Waals surface area contributed by atoms with E-state index >= 15 is 0 Å². The lowest BCUT2D eigenvalue weighted by atomic mass is 10.1. The fourth-order valence-electron chi connectivity index (χ4n) is 4.56. The number of alkyl halides is 4. The third-order valence-corrected chi connectivity index (χ3v) is 7.66. The molecule has 1 saturated carbocycles. The summed E-state index contributed by atoms with van der Waals surface area (Å²) in [6, 6.07) is 6.17. The Morgan fingerprint density at radius 1 is 1.25 bits per heavy atom. The number of nitrogens with one attached hydrogen (secondary N) is 1. The number of rotatable bonds is 8. The van der Waals surface area contributed by atoms with Gasteiger partial charge in [-0.15, -0.1) is 0 Å². The van der Waals surface area contributed by atoms with Gasteiger partial charge in [-0.25, -0.2) is 31.0 Å². The molecule has 12 heteroatoms. The number of aliphatic imine (C=N–C) groups is 1. The van der Waals surface area contributed by atoms with Crippen LogP contribution in [0.2, 0.25) is 0 Å². The van der Waals surface area contributed by atoms with Crippen molar-refractivity contribution in [1.82, 2.24) is 4.98 Å². The molecule has 1 aromatic carbocycles. The molecule has 0 amide bonds. The van der Waals surface area contributed by atoms with Gasteiger partial charge in [-0.1, -0.05) is 6.07 Å². The molecule has 1 aromatic heterocycles. The summed E-state index contributed by atoms with van der Waals surface area (Å²) >= 11 is 0. The van der Waals surface area contributed by atoms with Crippen molar-refractivity contribution in [2.24, 2.45) is 10.9 Å². The largest absolute Gasteiger partial charge is 0.374 e. The van der Waals surface area contributed by atoms with E-state index < -0.39 is 52.4 Å². The van der Waals surface area contributed by atoms with Crippen LogP contribution >= 0.6 is 0 Å². The number of hydrogen-bond donors (Lipinski definition) is 1. The Labute approximate surface area is 204 Å². The van der Waals surface area contributed by atoms with Gasteiger partial charge in [-0.3, -0.25) is 9.78 Å². The predicted molar refractivity (Wildman–Crippen MR) is 124 cm³/mol. The van der Waals surface area contributed by atoms with Crippen LogP contribution in [0.1, 0.15) is 42.3 Å². The number of halogens is 4. The normalized spacial score (nSPS) is 22.4. The maximum atomic E-state index is 13.4. The molecule has 36 heavy (non-hydrogen) atoms. The summed E-state index contributed by atoms with van der Waals surface area (Å²) in [6.45, 7) is 0.584. The van der Waals surface area contributed by atoms with Crippen molar-refractivity contribution in [2.45, 2.75) is 55.5 Å². The van der Waals surface area contributed by atoms with Gasteiger partial charge in [0.05, 0.1) is 45.4 Å². The summed E-state index contributed by atoms with van der Waals surface area (Å²) < 4.78 is 84.3. The van der Waals surface area contributed by atoms with Crippen molar-refractivity contribution < 1.29 is 35.5 Å². The predicted octanol–water partition coefficient (Wildman–Crippen LogP) is 4.74. The first-order valence-corrected chi connectivity index (χ1v) is 13.3. The second-order valence-corrected chi connectivity index (χ2v) is 11.3. The van der Waals surface area contributed by atoms with E-state index in [1.54, 1.807) is 12.1 Å². The van der Waals surface area contributed by atoms with E-state index in [0.29, 0.717) is 12.2 Å². The number of carbonyl (C=O) groups is 1. The van der Waals surface area contributed by atoms with Crippen molar-refractivity contribution in [2.75, 3.05) is 18.2 Å². The smallest absolute Gasteiger partial charge is 0.277 e. The quantitative estimate of drug-likeness (QED) is 0.500. The van der Waals surface area contributed by atoms with Crippen LogP contribution in [0.5, 0.6) is 0 Å². The maximum Gasteiger partial charge on any atom is 0.277 e. The minimum atomic E-state index is -3.72. The van der Waals surface area contributed by atoms with Crippen LogP contribution in [0, 0.1) is 5.92 Å². The molecule has 5 rings (SSSR count). The SMILES string of the molecule is CS(=O)(=O)c1cc([C@H]2CCCO2)ccc1Nc1cc(CC(=O)[C@@H]2CC2(F)F)nc2c1N=C(C(F)F)C2. The minimum Gasteiger partial charge on any atom is -0.374 e. The molecule has 2 aliphatic heterocycles. The third-order valence-electron chi connectivity index (χ3n) is 6.52. The van der Waals surface area contributed by atoms with Gasteiger partial charge >= 0.3 is 0 Å². The first-order valence-electron chi connectivity index (χ1n) is 11.4. The number of carbonyl (C=O) groups excluding carboxylic acids is 1. The molecule has 0 bridgehead atoms. The van der Waals surface area contributed by atoms with E-state index in [2.05, 4.69) is 15.3 Å². The van der Waals surface area contributed by atoms with Crippen molar-refractivity contribution in [3.63, 3.8) is 0 Å². The van der Waals surface area contributed by atoms with Gasteiger partial charge in [0, 0.05) is 32.1 Å². The Kier molecular flexibility index (Phi) is 6.14. The number of nitrogens with zero attached hydrogens (tertiary/aromatic N) is 2. The van der Waals surface area contributed by atoms with Crippen molar-refractivity contribution in [1.29, 1.82) is 0 Å². The second-order valence-electron chi connectivity index (χ2n) is 9.35. The summed E-state index contributed by atoms with van der Waals surface area (Å²) in [4.78, 5) is 20.5. The summed E-state index contributed by atoms with van der Waals surface area (Å²) in [5, 5.41) is 2.96. The highest BCUT2D eigenvalue weighted by Gasteiger charge is 2.60. The number of benzene rings is 1. The molecule has 3 heterocycles. The van der Waals surface area contributed by atoms with E-state index in [1.807, 2.05) is 0 Å². The zero-order valence-electron chi connectivity index (χ0n) is 19.2. The highest BCUT2D eigenvalue weighted by molar-refractivity contribution is 7.90. The Hall–Kier alpha value is -2.86. The maximum absolute atomic E-state index is 13.4. The van der Waals surface area contributed by atoms with Gasteiger partial charge in [-0.05, 0) is 36.6 Å². The number of fused-ring (bicyclic) bond motifs is 1. The molecule has 7 nitrogen and oxygen atoms in total. The Morgan fingerprint density at radius 2 is 2.00 bits per heavy atom. The Balaban J connectivity index is 1.52. The van der Waals surface area contributed by atoms with E-state index in [1.165, 1.54) is 12.1 Å². The average molecular weight is 526 g/mol. The number of Topliss-reactive ketones (excluding diaryl/α,β-unsaturated/α-hetero) is 1. The number of pyridine rings is 1. The molecule has 0 spiro atoms. The summed E-state index contributed by atoms with van der Waals surface area (Å²) in [7, 11) is -3.72. The van der Waals surface area contributed by atoms with Gasteiger partial charge in [0.1, 0.15) is 11.5 Å². The highest BCUT2D eigenvalue weighted by atomic mass is 32.2. The van der Waals surface area contributed by atoms with Crippen LogP contribution in [0.15, 0.2) is 34.2 Å². The molecule has 1 N–H and O–H groups in total. The number of anilines is 2. The minimum absolute atomic E-state index is 0.0210. The van der Waals surface area contributed by atoms with Gasteiger partial charge in [-0.2, -0.15) is 0 Å². The lowest BCUT2D eigenvalue weighted by Gasteiger charge is -2.17. The zero-order chi connectivity index (χ0) is 25.8. The standard InChI is InChI=1S/C24H23F4N3O4S/c1-36(33,34)21-7-12(20-3-2-6-35-20)4-5-15(21)30-16-8-13(9-19(32)14-11-24(14,27)28)29-17-10-18(23(25)26)31-22(16)17/h4-5,7-8,14,20,23H,2-3,6,9-11H2,1H3,(H,29,30)/t14-,20+/m0/s1. The zero-order valence-corrected chi connectivity index (χ0v) is 20.0. The Bertz CT molecular complexity index is 1370. The van der Waals surface area contributed by atoms with Crippen LogP contribution in [0.25, 0.3) is 0 Å². The van der Waals surface area contributed by atoms with Crippen LogP contribution < -0.4 is 5.32 Å². The molecular formula is C24H23F4N3O4S. The van der Waals surface area contributed by atoms with E-state index in [4.69, 9.17) is 4.74 Å². The summed E-state index contributed by atoms with van der Waals surface area (Å²) in [6.07, 6.45) is -1.56. The summed E-state index contributed by atoms with van der Waals surface area (Å²) in [5.74, 6) is -5.10. The van der Waals surface area contributed by atoms with Crippen LogP contribution in [-0.2, 0) is 32.2 Å². The number of ketones is 1. The molecule has 3 aliphatic rings. The van der Waals surface area contributed by atoms with Gasteiger partial charge in [0.2, 0.25) is 0 Å². The number of aromatic nitrogens is 1. The number of sulfone groups is 1. The molecule has 1 aliphatic carbocycles. The van der Waals surface area contributed by atoms with Crippen molar-refractivity contribution >= 4 is 38.4 Å². The highest BCUT2D eigenvalue weighted by Crippen LogP contribution is 2.49. The molecule has 192 valence electrons. The molecule has 2 atom stereocenters. The average Bonchev–Trinajstić information content (AvgIpc) is 3.19. The second kappa shape index (κ2) is 8.91. The van der Waals surface area contributed by atoms with Gasteiger partial charge in [0.25, 0.3) is 12.3 Å². The monoisotopic (exact) mass is 525 g/mol. The van der Waals surface area contributed by atoms with Gasteiger partial charge < -0.3 is 10.1 Å². The fraction of sp³-hybridized carbons (Fsp3) is 0.458. The van der Waals surface area contributed by atoms with Crippen molar-refractivity contribution in [3.05, 3.63) is 41.2 Å². The lowest BCUT2D eigenvalue weighted by molar-refractivity contribution is -0.121. The molecule has 0 unspecified atom stereocenters. The fourth-order valence-corrected chi connectivity index (χ4v) is 5.43. The van der Waals surface area contributed by atoms with E-state index in [0.717, 1.165) is 19.1 Å². The van der Waals surface area contributed by atoms with Crippen LogP contribution in [0.4, 0.5) is 34.6 Å². The number of hydrogen-bond acceptors (Lipinski definition) is 7. The van der Waals surface area contributed by atoms with E-state index in [9.17, 15) is 30.8 Å². The number of ether oxygens (including phenoxy) is 1. The topological polar surface area (TPSA) is 97.7 Å². The van der Waals surface area contributed by atoms with E-state index in [-0.39, 0.29) is 45.9 Å².